The van der Waals surface area contributed by atoms with Crippen molar-refractivity contribution >= 4 is 11.6 Å². The van der Waals surface area contributed by atoms with E-state index in [1.165, 1.54) is 5.56 Å². The highest BCUT2D eigenvalue weighted by atomic mass is 16.5. The van der Waals surface area contributed by atoms with Crippen LogP contribution in [-0.4, -0.2) is 36.3 Å². The van der Waals surface area contributed by atoms with Crippen LogP contribution in [0.3, 0.4) is 0 Å². The number of amides is 1. The summed E-state index contributed by atoms with van der Waals surface area (Å²) in [6.07, 6.45) is 3.57. The second kappa shape index (κ2) is 7.63. The fourth-order valence-electron chi connectivity index (χ4n) is 3.61. The topological polar surface area (TPSA) is 79.0 Å². The first-order valence-corrected chi connectivity index (χ1v) is 9.00. The zero-order valence-corrected chi connectivity index (χ0v) is 15.1. The Bertz CT molecular complexity index is 909. The van der Waals surface area contributed by atoms with Gasteiger partial charge in [0.05, 0.1) is 24.9 Å². The van der Waals surface area contributed by atoms with E-state index in [1.807, 2.05) is 42.6 Å². The summed E-state index contributed by atoms with van der Waals surface area (Å²) < 4.78 is 5.50. The van der Waals surface area contributed by atoms with Crippen molar-refractivity contribution in [2.45, 2.75) is 5.92 Å². The van der Waals surface area contributed by atoms with E-state index in [9.17, 15) is 4.79 Å². The van der Waals surface area contributed by atoms with Gasteiger partial charge in [-0.3, -0.25) is 9.89 Å². The van der Waals surface area contributed by atoms with Crippen molar-refractivity contribution in [3.8, 4) is 16.9 Å². The summed E-state index contributed by atoms with van der Waals surface area (Å²) in [6, 6.07) is 15.9. The largest absolute Gasteiger partial charge is 0.495 e. The third-order valence-corrected chi connectivity index (χ3v) is 5.07. The van der Waals surface area contributed by atoms with Crippen LogP contribution in [0.2, 0.25) is 0 Å². The molecule has 1 amide bonds. The molecular formula is C21H22N4O2. The number of methoxy groups -OCH3 is 1. The van der Waals surface area contributed by atoms with Crippen LogP contribution in [0.4, 0.5) is 5.69 Å². The third kappa shape index (κ3) is 3.57. The maximum Gasteiger partial charge on any atom is 0.229 e. The van der Waals surface area contributed by atoms with Crippen LogP contribution in [0.25, 0.3) is 11.1 Å². The zero-order chi connectivity index (χ0) is 18.6. The number of hydrogen-bond acceptors (Lipinski definition) is 4. The number of H-pyrrole nitrogens is 1. The molecular weight excluding hydrogens is 340 g/mol. The van der Waals surface area contributed by atoms with E-state index < -0.39 is 0 Å². The lowest BCUT2D eigenvalue weighted by Gasteiger charge is -2.19. The summed E-state index contributed by atoms with van der Waals surface area (Å²) in [7, 11) is 1.61. The molecule has 3 aromatic rings. The molecule has 1 saturated heterocycles. The van der Waals surface area contributed by atoms with Crippen molar-refractivity contribution in [1.82, 2.24) is 15.5 Å². The zero-order valence-electron chi connectivity index (χ0n) is 15.1. The normalized spacial score (nSPS) is 19.0. The van der Waals surface area contributed by atoms with Crippen LogP contribution in [0, 0.1) is 5.92 Å². The van der Waals surface area contributed by atoms with Gasteiger partial charge in [-0.15, -0.1) is 0 Å². The first-order chi connectivity index (χ1) is 13.3. The van der Waals surface area contributed by atoms with Crippen LogP contribution >= 0.6 is 0 Å². The number of nitrogens with zero attached hydrogens (tertiary/aromatic N) is 1. The maximum atomic E-state index is 13.0. The molecule has 0 aliphatic carbocycles. The Labute approximate surface area is 158 Å². The van der Waals surface area contributed by atoms with E-state index >= 15 is 0 Å². The van der Waals surface area contributed by atoms with Crippen LogP contribution < -0.4 is 15.4 Å². The smallest absolute Gasteiger partial charge is 0.229 e. The molecule has 2 unspecified atom stereocenters. The lowest BCUT2D eigenvalue weighted by molar-refractivity contribution is -0.119. The minimum Gasteiger partial charge on any atom is -0.495 e. The molecule has 27 heavy (non-hydrogen) atoms. The molecule has 0 spiro atoms. The maximum absolute atomic E-state index is 13.0. The molecule has 0 bridgehead atoms. The second-order valence-electron chi connectivity index (χ2n) is 6.67. The summed E-state index contributed by atoms with van der Waals surface area (Å²) in [4.78, 5) is 13.0. The van der Waals surface area contributed by atoms with Crippen molar-refractivity contribution in [1.29, 1.82) is 0 Å². The SMILES string of the molecule is COc1cc(-c2cn[nH]c2)ccc1NC(=O)C1CNCC1c1ccccc1. The molecule has 138 valence electrons. The molecule has 2 atom stereocenters. The third-order valence-electron chi connectivity index (χ3n) is 5.07. The number of carbonyl (C=O) groups excluding carboxylic acids is 1. The highest BCUT2D eigenvalue weighted by Crippen LogP contribution is 2.33. The molecule has 1 aliphatic rings. The number of anilines is 1. The lowest BCUT2D eigenvalue weighted by atomic mass is 9.88. The number of hydrogen-bond donors (Lipinski definition) is 3. The van der Waals surface area contributed by atoms with E-state index in [0.29, 0.717) is 18.0 Å². The Kier molecular flexibility index (Phi) is 4.89. The number of carbonyl (C=O) groups is 1. The molecule has 1 aromatic heterocycles. The molecule has 4 rings (SSSR count). The van der Waals surface area contributed by atoms with Gasteiger partial charge in [0.25, 0.3) is 0 Å². The number of nitrogens with one attached hydrogen (secondary N) is 3. The van der Waals surface area contributed by atoms with Crippen molar-refractivity contribution in [2.75, 3.05) is 25.5 Å². The van der Waals surface area contributed by atoms with Crippen LogP contribution in [0.5, 0.6) is 5.75 Å². The van der Waals surface area contributed by atoms with E-state index in [0.717, 1.165) is 17.7 Å². The summed E-state index contributed by atoms with van der Waals surface area (Å²) in [5.74, 6) is 0.681. The van der Waals surface area contributed by atoms with Gasteiger partial charge in [0, 0.05) is 30.8 Å². The average Bonchev–Trinajstić information content (AvgIpc) is 3.41. The molecule has 1 aliphatic heterocycles. The fourth-order valence-corrected chi connectivity index (χ4v) is 3.61. The average molecular weight is 362 g/mol. The van der Waals surface area contributed by atoms with Gasteiger partial charge in [0.15, 0.2) is 0 Å². The van der Waals surface area contributed by atoms with E-state index in [-0.39, 0.29) is 17.7 Å². The van der Waals surface area contributed by atoms with Crippen LogP contribution in [-0.2, 0) is 4.79 Å². The van der Waals surface area contributed by atoms with Gasteiger partial charge in [-0.25, -0.2) is 0 Å². The van der Waals surface area contributed by atoms with Crippen molar-refractivity contribution < 1.29 is 9.53 Å². The minimum atomic E-state index is -0.120. The van der Waals surface area contributed by atoms with Gasteiger partial charge in [-0.05, 0) is 23.3 Å². The predicted octanol–water partition coefficient (Wildman–Crippen LogP) is 3.03. The Morgan fingerprint density at radius 2 is 2.00 bits per heavy atom. The van der Waals surface area contributed by atoms with Crippen molar-refractivity contribution in [2.24, 2.45) is 5.92 Å². The number of benzene rings is 2. The molecule has 1 fully saturated rings. The first kappa shape index (κ1) is 17.3. The number of rotatable bonds is 5. The quantitative estimate of drug-likeness (QED) is 0.652. The van der Waals surface area contributed by atoms with E-state index in [2.05, 4.69) is 33.0 Å². The molecule has 6 nitrogen and oxygen atoms in total. The molecule has 3 N–H and O–H groups in total. The number of ether oxygens (including phenoxy) is 1. The van der Waals surface area contributed by atoms with Gasteiger partial charge in [-0.2, -0.15) is 5.10 Å². The molecule has 2 heterocycles. The van der Waals surface area contributed by atoms with Gasteiger partial charge in [-0.1, -0.05) is 36.4 Å². The Balaban J connectivity index is 1.54. The van der Waals surface area contributed by atoms with E-state index in [1.54, 1.807) is 13.3 Å². The Morgan fingerprint density at radius 3 is 2.74 bits per heavy atom. The second-order valence-corrected chi connectivity index (χ2v) is 6.67. The van der Waals surface area contributed by atoms with E-state index in [4.69, 9.17) is 4.74 Å². The highest BCUT2D eigenvalue weighted by Gasteiger charge is 2.34. The molecule has 6 heteroatoms. The molecule has 0 saturated carbocycles. The van der Waals surface area contributed by atoms with Gasteiger partial charge >= 0.3 is 0 Å². The summed E-state index contributed by atoms with van der Waals surface area (Å²) >= 11 is 0. The van der Waals surface area contributed by atoms with Crippen LogP contribution in [0.1, 0.15) is 11.5 Å². The standard InChI is InChI=1S/C21H22N4O2/c1-27-20-9-15(16-10-23-24-11-16)7-8-19(20)25-21(26)18-13-22-12-17(18)14-5-3-2-4-6-14/h2-11,17-18,22H,12-13H2,1H3,(H,23,24)(H,25,26). The number of aromatic amines is 1. The fraction of sp³-hybridized carbons (Fsp3) is 0.238. The first-order valence-electron chi connectivity index (χ1n) is 9.00. The Morgan fingerprint density at radius 1 is 1.15 bits per heavy atom. The summed E-state index contributed by atoms with van der Waals surface area (Å²) in [6.45, 7) is 1.47. The summed E-state index contributed by atoms with van der Waals surface area (Å²) in [5, 5.41) is 13.2. The summed E-state index contributed by atoms with van der Waals surface area (Å²) in [5.41, 5.74) is 3.80. The van der Waals surface area contributed by atoms with Gasteiger partial charge in [0.1, 0.15) is 5.75 Å². The van der Waals surface area contributed by atoms with Gasteiger partial charge in [0.2, 0.25) is 5.91 Å². The highest BCUT2D eigenvalue weighted by molar-refractivity contribution is 5.95. The van der Waals surface area contributed by atoms with Crippen molar-refractivity contribution in [3.63, 3.8) is 0 Å². The van der Waals surface area contributed by atoms with Crippen molar-refractivity contribution in [3.05, 3.63) is 66.5 Å². The van der Waals surface area contributed by atoms with Crippen LogP contribution in [0.15, 0.2) is 60.9 Å². The monoisotopic (exact) mass is 362 g/mol. The lowest BCUT2D eigenvalue weighted by Crippen LogP contribution is -2.28. The minimum absolute atomic E-state index is 0.00298. The van der Waals surface area contributed by atoms with Gasteiger partial charge < -0.3 is 15.4 Å². The molecule has 2 aromatic carbocycles. The molecule has 0 radical (unpaired) electrons. The Hall–Kier alpha value is -3.12. The predicted molar refractivity (Wildman–Crippen MR) is 105 cm³/mol. The number of aromatic nitrogens is 2.